The lowest BCUT2D eigenvalue weighted by Gasteiger charge is -2.22. The summed E-state index contributed by atoms with van der Waals surface area (Å²) in [5.41, 5.74) is 0.690. The van der Waals surface area contributed by atoms with E-state index >= 15 is 0 Å². The molecule has 102 valence electrons. The number of aromatic nitrogens is 3. The van der Waals surface area contributed by atoms with Crippen molar-refractivity contribution in [3.63, 3.8) is 0 Å². The summed E-state index contributed by atoms with van der Waals surface area (Å²) in [5, 5.41) is 10.0. The molecular weight excluding hydrogens is 270 g/mol. The summed E-state index contributed by atoms with van der Waals surface area (Å²) in [6.07, 6.45) is 2.81. The van der Waals surface area contributed by atoms with Crippen molar-refractivity contribution in [1.29, 1.82) is 0 Å². The zero-order valence-corrected chi connectivity index (χ0v) is 10.9. The molecule has 1 saturated heterocycles. The van der Waals surface area contributed by atoms with Gasteiger partial charge in [-0.15, -0.1) is 12.4 Å². The van der Waals surface area contributed by atoms with E-state index in [0.29, 0.717) is 24.6 Å². The Morgan fingerprint density at radius 3 is 3.16 bits per heavy atom. The fourth-order valence-corrected chi connectivity index (χ4v) is 1.87. The fraction of sp³-hybridized carbons (Fsp3) is 0.364. The Hall–Kier alpha value is -1.70. The molecule has 0 aliphatic carbocycles. The van der Waals surface area contributed by atoms with Crippen molar-refractivity contribution in [2.24, 2.45) is 0 Å². The number of amides is 1. The highest BCUT2D eigenvalue weighted by Crippen LogP contribution is 2.09. The Labute approximate surface area is 115 Å². The first-order valence-electron chi connectivity index (χ1n) is 5.76. The maximum atomic E-state index is 12.0. The number of hydrogen-bond donors (Lipinski definition) is 2. The molecule has 0 saturated carbocycles. The van der Waals surface area contributed by atoms with Gasteiger partial charge in [-0.25, -0.2) is 4.98 Å². The van der Waals surface area contributed by atoms with Crippen LogP contribution in [0.2, 0.25) is 0 Å². The topological polar surface area (TPSA) is 80.6 Å². The molecule has 1 aliphatic rings. The van der Waals surface area contributed by atoms with Gasteiger partial charge in [-0.1, -0.05) is 0 Å². The number of halogens is 1. The van der Waals surface area contributed by atoms with Gasteiger partial charge >= 0.3 is 0 Å². The quantitative estimate of drug-likeness (QED) is 0.816. The van der Waals surface area contributed by atoms with Crippen LogP contribution in [0.15, 0.2) is 24.5 Å². The van der Waals surface area contributed by atoms with E-state index in [1.165, 1.54) is 0 Å². The molecule has 1 unspecified atom stereocenters. The number of fused-ring (bicyclic) bond motifs is 1. The minimum absolute atomic E-state index is 0. The summed E-state index contributed by atoms with van der Waals surface area (Å²) in [6, 6.07) is 3.47. The maximum absolute atomic E-state index is 12.0. The Balaban J connectivity index is 0.00000133. The molecule has 7 nitrogen and oxygen atoms in total. The fourth-order valence-electron chi connectivity index (χ4n) is 1.87. The van der Waals surface area contributed by atoms with Crippen LogP contribution in [0.3, 0.4) is 0 Å². The van der Waals surface area contributed by atoms with Gasteiger partial charge in [0.05, 0.1) is 12.8 Å². The standard InChI is InChI=1S/C11H13N5O2.ClH/c17-11(8-7-12-5-6-18-8)15-10-1-3-13-9-2-4-14-16(9)10;/h1-4,8,12H,5-7H2,(H,15,17);1H. The monoisotopic (exact) mass is 283 g/mol. The minimum Gasteiger partial charge on any atom is -0.366 e. The van der Waals surface area contributed by atoms with Crippen LogP contribution in [0, 0.1) is 0 Å². The predicted octanol–water partition coefficient (Wildman–Crippen LogP) is 0.0780. The number of morpholine rings is 1. The van der Waals surface area contributed by atoms with Crippen molar-refractivity contribution >= 4 is 29.8 Å². The van der Waals surface area contributed by atoms with Crippen LogP contribution in [-0.2, 0) is 9.53 Å². The maximum Gasteiger partial charge on any atom is 0.255 e. The van der Waals surface area contributed by atoms with E-state index in [0.717, 1.165) is 6.54 Å². The average molecular weight is 284 g/mol. The minimum atomic E-state index is -0.461. The molecule has 0 bridgehead atoms. The highest BCUT2D eigenvalue weighted by Gasteiger charge is 2.22. The smallest absolute Gasteiger partial charge is 0.255 e. The summed E-state index contributed by atoms with van der Waals surface area (Å²) in [5.74, 6) is 0.411. The van der Waals surface area contributed by atoms with Crippen LogP contribution in [0.4, 0.5) is 5.82 Å². The van der Waals surface area contributed by atoms with E-state index in [-0.39, 0.29) is 18.3 Å². The van der Waals surface area contributed by atoms with Gasteiger partial charge in [0.25, 0.3) is 5.91 Å². The molecule has 3 rings (SSSR count). The van der Waals surface area contributed by atoms with E-state index in [2.05, 4.69) is 20.7 Å². The average Bonchev–Trinajstić information content (AvgIpc) is 2.89. The predicted molar refractivity (Wildman–Crippen MR) is 71.5 cm³/mol. The first-order valence-corrected chi connectivity index (χ1v) is 5.76. The summed E-state index contributed by atoms with van der Waals surface area (Å²) >= 11 is 0. The van der Waals surface area contributed by atoms with Crippen LogP contribution < -0.4 is 10.6 Å². The molecule has 19 heavy (non-hydrogen) atoms. The molecule has 1 aliphatic heterocycles. The summed E-state index contributed by atoms with van der Waals surface area (Å²) in [7, 11) is 0. The molecule has 2 aromatic heterocycles. The molecule has 1 atom stereocenters. The van der Waals surface area contributed by atoms with Crippen molar-refractivity contribution in [3.05, 3.63) is 24.5 Å². The number of hydrogen-bond acceptors (Lipinski definition) is 5. The van der Waals surface area contributed by atoms with E-state index < -0.39 is 6.10 Å². The first kappa shape index (κ1) is 13.7. The van der Waals surface area contributed by atoms with Gasteiger partial charge < -0.3 is 15.4 Å². The van der Waals surface area contributed by atoms with Crippen molar-refractivity contribution in [1.82, 2.24) is 19.9 Å². The largest absolute Gasteiger partial charge is 0.366 e. The lowest BCUT2D eigenvalue weighted by molar-refractivity contribution is -0.128. The van der Waals surface area contributed by atoms with Gasteiger partial charge in [0, 0.05) is 25.4 Å². The van der Waals surface area contributed by atoms with Crippen LogP contribution in [0.25, 0.3) is 5.65 Å². The Morgan fingerprint density at radius 2 is 2.37 bits per heavy atom. The van der Waals surface area contributed by atoms with Gasteiger partial charge in [0.15, 0.2) is 5.65 Å². The highest BCUT2D eigenvalue weighted by molar-refractivity contribution is 5.93. The second-order valence-electron chi connectivity index (χ2n) is 3.98. The highest BCUT2D eigenvalue weighted by atomic mass is 35.5. The van der Waals surface area contributed by atoms with Crippen molar-refractivity contribution < 1.29 is 9.53 Å². The van der Waals surface area contributed by atoms with Gasteiger partial charge in [-0.3, -0.25) is 4.79 Å². The molecule has 1 amide bonds. The van der Waals surface area contributed by atoms with E-state index in [9.17, 15) is 4.79 Å². The summed E-state index contributed by atoms with van der Waals surface area (Å²) < 4.78 is 6.96. The third-order valence-corrected chi connectivity index (χ3v) is 2.76. The number of carbonyl (C=O) groups is 1. The van der Waals surface area contributed by atoms with Gasteiger partial charge in [0.1, 0.15) is 11.9 Å². The van der Waals surface area contributed by atoms with Crippen molar-refractivity contribution in [3.8, 4) is 0 Å². The molecule has 8 heteroatoms. The molecule has 0 spiro atoms. The second kappa shape index (κ2) is 5.96. The Bertz CT molecular complexity index is 567. The Morgan fingerprint density at radius 1 is 1.47 bits per heavy atom. The number of nitrogens with zero attached hydrogens (tertiary/aromatic N) is 3. The molecule has 0 aromatic carbocycles. The van der Waals surface area contributed by atoms with E-state index in [4.69, 9.17) is 4.74 Å². The van der Waals surface area contributed by atoms with Gasteiger partial charge in [-0.05, 0) is 6.07 Å². The van der Waals surface area contributed by atoms with Crippen LogP contribution >= 0.6 is 12.4 Å². The van der Waals surface area contributed by atoms with Crippen LogP contribution in [0.5, 0.6) is 0 Å². The van der Waals surface area contributed by atoms with Crippen molar-refractivity contribution in [2.75, 3.05) is 25.0 Å². The Kier molecular flexibility index (Phi) is 4.31. The number of anilines is 1. The number of ether oxygens (including phenoxy) is 1. The number of nitrogens with one attached hydrogen (secondary N) is 2. The third-order valence-electron chi connectivity index (χ3n) is 2.76. The molecule has 2 N–H and O–H groups in total. The summed E-state index contributed by atoms with van der Waals surface area (Å²) in [4.78, 5) is 16.1. The number of carbonyl (C=O) groups excluding carboxylic acids is 1. The van der Waals surface area contributed by atoms with Crippen molar-refractivity contribution in [2.45, 2.75) is 6.10 Å². The van der Waals surface area contributed by atoms with Gasteiger partial charge in [-0.2, -0.15) is 9.61 Å². The zero-order valence-electron chi connectivity index (χ0n) is 10.1. The SMILES string of the molecule is Cl.O=C(Nc1ccnc2ccnn12)C1CNCCO1. The lowest BCUT2D eigenvalue weighted by Crippen LogP contribution is -2.45. The molecule has 2 aromatic rings. The van der Waals surface area contributed by atoms with E-state index in [1.807, 2.05) is 0 Å². The lowest BCUT2D eigenvalue weighted by atomic mass is 10.3. The normalized spacial score (nSPS) is 18.8. The zero-order chi connectivity index (χ0) is 12.4. The second-order valence-corrected chi connectivity index (χ2v) is 3.98. The first-order chi connectivity index (χ1) is 8.84. The van der Waals surface area contributed by atoms with Gasteiger partial charge in [0.2, 0.25) is 0 Å². The number of rotatable bonds is 2. The summed E-state index contributed by atoms with van der Waals surface area (Å²) in [6.45, 7) is 1.85. The molecule has 0 radical (unpaired) electrons. The third kappa shape index (κ3) is 2.83. The molecule has 1 fully saturated rings. The van der Waals surface area contributed by atoms with Crippen LogP contribution in [0.1, 0.15) is 0 Å². The molecular formula is C11H14ClN5O2. The molecule has 3 heterocycles. The van der Waals surface area contributed by atoms with Crippen LogP contribution in [-0.4, -0.2) is 46.3 Å². The van der Waals surface area contributed by atoms with E-state index in [1.54, 1.807) is 29.0 Å².